The Morgan fingerprint density at radius 2 is 2.00 bits per heavy atom. The zero-order chi connectivity index (χ0) is 22.6. The Balaban J connectivity index is 1.63. The highest BCUT2D eigenvalue weighted by atomic mass is 19.1. The molecule has 3 rings (SSSR count). The van der Waals surface area contributed by atoms with Crippen LogP contribution in [0.4, 0.5) is 9.18 Å². The minimum absolute atomic E-state index is 0.157. The first-order valence-corrected chi connectivity index (χ1v) is 10.9. The summed E-state index contributed by atoms with van der Waals surface area (Å²) in [5, 5.41) is 15.6. The summed E-state index contributed by atoms with van der Waals surface area (Å²) in [6.45, 7) is 8.50. The molecule has 2 aliphatic rings. The van der Waals surface area contributed by atoms with E-state index in [2.05, 4.69) is 15.6 Å². The lowest BCUT2D eigenvalue weighted by atomic mass is 9.98. The maximum absolute atomic E-state index is 14.2. The molecule has 7 nitrogen and oxygen atoms in total. The molecule has 0 aromatic heterocycles. The number of nitrogens with one attached hydrogen (secondary N) is 2. The molecule has 0 aliphatic carbocycles. The molecule has 1 amide bonds. The Labute approximate surface area is 183 Å². The van der Waals surface area contributed by atoms with Gasteiger partial charge in [-0.05, 0) is 65.5 Å². The average molecular weight is 430 g/mol. The smallest absolute Gasteiger partial charge is 0.410 e. The minimum atomic E-state index is -0.503. The highest BCUT2D eigenvalue weighted by molar-refractivity contribution is 5.80. The first kappa shape index (κ1) is 22.9. The van der Waals surface area contributed by atoms with Crippen LogP contribution in [0, 0.1) is 17.1 Å². The first-order valence-electron chi connectivity index (χ1n) is 10.9. The van der Waals surface area contributed by atoms with Crippen molar-refractivity contribution in [1.82, 2.24) is 15.5 Å². The minimum Gasteiger partial charge on any atom is -0.444 e. The fourth-order valence-corrected chi connectivity index (χ4v) is 4.33. The van der Waals surface area contributed by atoms with Gasteiger partial charge in [0.25, 0.3) is 0 Å². The topological polar surface area (TPSA) is 89.8 Å². The third kappa shape index (κ3) is 5.87. The van der Waals surface area contributed by atoms with Gasteiger partial charge in [-0.15, -0.1) is 0 Å². The first-order chi connectivity index (χ1) is 14.7. The van der Waals surface area contributed by atoms with Gasteiger partial charge in [0.15, 0.2) is 5.96 Å². The standard InChI is InChI=1S/C23H32FN5O2/c1-5-26-21(27-14-16-7-6-15(13-25)10-20(16)24)28-17-11-18-8-9-19(12-17)29(18)22(30)31-23(2,3)4/h6-7,10,17-19H,5,8-9,11-12,14H2,1-4H3,(H2,26,27,28). The Hall–Kier alpha value is -2.82. The van der Waals surface area contributed by atoms with Crippen LogP contribution < -0.4 is 10.6 Å². The number of rotatable bonds is 4. The van der Waals surface area contributed by atoms with E-state index in [-0.39, 0.29) is 30.8 Å². The van der Waals surface area contributed by atoms with Gasteiger partial charge in [0, 0.05) is 30.2 Å². The molecular weight excluding hydrogens is 397 g/mol. The number of guanidine groups is 1. The number of nitriles is 1. The zero-order valence-corrected chi connectivity index (χ0v) is 18.7. The predicted molar refractivity (Wildman–Crippen MR) is 117 cm³/mol. The third-order valence-corrected chi connectivity index (χ3v) is 5.61. The van der Waals surface area contributed by atoms with Crippen molar-refractivity contribution in [2.24, 2.45) is 4.99 Å². The molecule has 2 atom stereocenters. The lowest BCUT2D eigenvalue weighted by Crippen LogP contribution is -2.55. The van der Waals surface area contributed by atoms with Crippen molar-refractivity contribution in [3.05, 3.63) is 35.1 Å². The van der Waals surface area contributed by atoms with E-state index in [9.17, 15) is 9.18 Å². The summed E-state index contributed by atoms with van der Waals surface area (Å²) in [7, 11) is 0. The largest absolute Gasteiger partial charge is 0.444 e. The highest BCUT2D eigenvalue weighted by Gasteiger charge is 2.45. The van der Waals surface area contributed by atoms with Gasteiger partial charge in [-0.1, -0.05) is 6.07 Å². The van der Waals surface area contributed by atoms with E-state index < -0.39 is 11.4 Å². The summed E-state index contributed by atoms with van der Waals surface area (Å²) in [5.74, 6) is 0.198. The maximum Gasteiger partial charge on any atom is 0.410 e. The summed E-state index contributed by atoms with van der Waals surface area (Å²) < 4.78 is 19.8. The van der Waals surface area contributed by atoms with E-state index in [0.717, 1.165) is 25.7 Å². The van der Waals surface area contributed by atoms with Gasteiger partial charge in [0.2, 0.25) is 0 Å². The molecular formula is C23H32FN5O2. The third-order valence-electron chi connectivity index (χ3n) is 5.61. The van der Waals surface area contributed by atoms with Crippen molar-refractivity contribution in [2.75, 3.05) is 6.54 Å². The SMILES string of the molecule is CCNC(=NCc1ccc(C#N)cc1F)NC1CC2CCC(C1)N2C(=O)OC(C)(C)C. The van der Waals surface area contributed by atoms with Crippen molar-refractivity contribution >= 4 is 12.1 Å². The molecule has 31 heavy (non-hydrogen) atoms. The lowest BCUT2D eigenvalue weighted by Gasteiger charge is -2.40. The van der Waals surface area contributed by atoms with Crippen molar-refractivity contribution in [1.29, 1.82) is 5.26 Å². The van der Waals surface area contributed by atoms with Gasteiger partial charge in [0.05, 0.1) is 18.2 Å². The second-order valence-electron chi connectivity index (χ2n) is 9.20. The van der Waals surface area contributed by atoms with Gasteiger partial charge in [-0.2, -0.15) is 5.26 Å². The summed E-state index contributed by atoms with van der Waals surface area (Å²) in [6.07, 6.45) is 3.38. The number of benzene rings is 1. The van der Waals surface area contributed by atoms with Crippen LogP contribution in [0.3, 0.4) is 0 Å². The second-order valence-corrected chi connectivity index (χ2v) is 9.20. The number of piperidine rings is 1. The Bertz CT molecular complexity index is 860. The van der Waals surface area contributed by atoms with Crippen LogP contribution in [0.1, 0.15) is 64.5 Å². The van der Waals surface area contributed by atoms with E-state index in [0.29, 0.717) is 23.6 Å². The number of hydrogen-bond acceptors (Lipinski definition) is 4. The molecule has 0 spiro atoms. The molecule has 8 heteroatoms. The van der Waals surface area contributed by atoms with Gasteiger partial charge in [0.1, 0.15) is 11.4 Å². The number of nitrogens with zero attached hydrogens (tertiary/aromatic N) is 3. The van der Waals surface area contributed by atoms with E-state index in [4.69, 9.17) is 10.00 Å². The highest BCUT2D eigenvalue weighted by Crippen LogP contribution is 2.36. The number of aliphatic imine (C=N–C) groups is 1. The number of carbonyl (C=O) groups excluding carboxylic acids is 1. The second kappa shape index (κ2) is 9.54. The van der Waals surface area contributed by atoms with Crippen LogP contribution in [0.15, 0.2) is 23.2 Å². The molecule has 1 aromatic carbocycles. The number of fused-ring (bicyclic) bond motifs is 2. The fraction of sp³-hybridized carbons (Fsp3) is 0.609. The van der Waals surface area contributed by atoms with Gasteiger partial charge in [-0.25, -0.2) is 14.2 Å². The van der Waals surface area contributed by atoms with Crippen LogP contribution >= 0.6 is 0 Å². The molecule has 2 bridgehead atoms. The molecule has 2 heterocycles. The van der Waals surface area contributed by atoms with E-state index in [1.807, 2.05) is 38.7 Å². The molecule has 2 aliphatic heterocycles. The number of amides is 1. The van der Waals surface area contributed by atoms with Crippen LogP contribution in [-0.2, 0) is 11.3 Å². The Kier molecular flexibility index (Phi) is 7.04. The summed E-state index contributed by atoms with van der Waals surface area (Å²) in [6, 6.07) is 6.85. The number of carbonyl (C=O) groups is 1. The molecule has 2 N–H and O–H groups in total. The summed E-state index contributed by atoms with van der Waals surface area (Å²) >= 11 is 0. The number of halogens is 1. The lowest BCUT2D eigenvalue weighted by molar-refractivity contribution is 0.00545. The summed E-state index contributed by atoms with van der Waals surface area (Å²) in [5.41, 5.74) is 0.232. The Morgan fingerprint density at radius 1 is 1.32 bits per heavy atom. The Morgan fingerprint density at radius 3 is 2.55 bits per heavy atom. The maximum atomic E-state index is 14.2. The normalized spacial score (nSPS) is 23.3. The molecule has 0 radical (unpaired) electrons. The van der Waals surface area contributed by atoms with Gasteiger partial charge >= 0.3 is 6.09 Å². The fourth-order valence-electron chi connectivity index (χ4n) is 4.33. The van der Waals surface area contributed by atoms with Crippen molar-refractivity contribution < 1.29 is 13.9 Å². The van der Waals surface area contributed by atoms with Crippen LogP contribution in [0.2, 0.25) is 0 Å². The van der Waals surface area contributed by atoms with Crippen molar-refractivity contribution in [2.45, 2.75) is 83.6 Å². The molecule has 1 aromatic rings. The van der Waals surface area contributed by atoms with E-state index in [1.54, 1.807) is 12.1 Å². The van der Waals surface area contributed by atoms with Gasteiger partial charge < -0.3 is 20.3 Å². The monoisotopic (exact) mass is 429 g/mol. The molecule has 0 saturated carbocycles. The average Bonchev–Trinajstić information content (AvgIpc) is 2.96. The molecule has 2 saturated heterocycles. The van der Waals surface area contributed by atoms with Crippen molar-refractivity contribution in [3.8, 4) is 6.07 Å². The number of hydrogen-bond donors (Lipinski definition) is 2. The summed E-state index contributed by atoms with van der Waals surface area (Å²) in [4.78, 5) is 19.1. The van der Waals surface area contributed by atoms with Crippen molar-refractivity contribution in [3.63, 3.8) is 0 Å². The van der Waals surface area contributed by atoms with Crippen LogP contribution in [0.25, 0.3) is 0 Å². The quantitative estimate of drug-likeness (QED) is 0.563. The zero-order valence-electron chi connectivity index (χ0n) is 18.7. The van der Waals surface area contributed by atoms with E-state index in [1.165, 1.54) is 6.07 Å². The predicted octanol–water partition coefficient (Wildman–Crippen LogP) is 3.68. The van der Waals surface area contributed by atoms with Crippen LogP contribution in [-0.4, -0.2) is 47.2 Å². The molecule has 168 valence electrons. The van der Waals surface area contributed by atoms with Gasteiger partial charge in [-0.3, -0.25) is 0 Å². The van der Waals surface area contributed by atoms with Crippen LogP contribution in [0.5, 0.6) is 0 Å². The molecule has 2 fully saturated rings. The molecule has 2 unspecified atom stereocenters. The number of ether oxygens (including phenoxy) is 1. The van der Waals surface area contributed by atoms with E-state index >= 15 is 0 Å².